The van der Waals surface area contributed by atoms with Crippen LogP contribution < -0.4 is 0 Å². The fourth-order valence-corrected chi connectivity index (χ4v) is 2.70. The molecule has 1 aromatic carbocycles. The van der Waals surface area contributed by atoms with Crippen molar-refractivity contribution in [2.75, 3.05) is 0 Å². The molecule has 0 spiro atoms. The quantitative estimate of drug-likeness (QED) is 0.693. The van der Waals surface area contributed by atoms with E-state index < -0.39 is 11.6 Å². The summed E-state index contributed by atoms with van der Waals surface area (Å²) in [5, 5.41) is 0. The zero-order chi connectivity index (χ0) is 13.8. The van der Waals surface area contributed by atoms with Crippen LogP contribution in [0.4, 0.5) is 8.78 Å². The van der Waals surface area contributed by atoms with Gasteiger partial charge in [-0.15, -0.1) is 0 Å². The van der Waals surface area contributed by atoms with Crippen molar-refractivity contribution < 1.29 is 8.78 Å². The van der Waals surface area contributed by atoms with Gasteiger partial charge >= 0.3 is 0 Å². The Labute approximate surface area is 113 Å². The van der Waals surface area contributed by atoms with E-state index in [1.165, 1.54) is 5.57 Å². The summed E-state index contributed by atoms with van der Waals surface area (Å²) >= 11 is 0. The third kappa shape index (κ3) is 2.94. The molecule has 0 fully saturated rings. The molecule has 0 aliphatic heterocycles. The molecule has 1 atom stereocenters. The molecular formula is C17H20F2. The fraction of sp³-hybridized carbons (Fsp3) is 0.412. The average Bonchev–Trinajstić information content (AvgIpc) is 2.43. The lowest BCUT2D eigenvalue weighted by Crippen LogP contribution is -2.08. The van der Waals surface area contributed by atoms with Crippen molar-refractivity contribution in [3.8, 4) is 0 Å². The third-order valence-electron chi connectivity index (χ3n) is 3.84. The van der Waals surface area contributed by atoms with Crippen LogP contribution in [0.3, 0.4) is 0 Å². The normalized spacial score (nSPS) is 19.8. The molecule has 19 heavy (non-hydrogen) atoms. The van der Waals surface area contributed by atoms with Crippen molar-refractivity contribution in [3.05, 3.63) is 58.7 Å². The van der Waals surface area contributed by atoms with Crippen LogP contribution in [0.15, 0.2) is 35.9 Å². The monoisotopic (exact) mass is 262 g/mol. The molecule has 2 heteroatoms. The van der Waals surface area contributed by atoms with Gasteiger partial charge in [0.15, 0.2) is 11.6 Å². The van der Waals surface area contributed by atoms with E-state index in [1.807, 2.05) is 19.9 Å². The molecule has 0 saturated heterocycles. The second-order valence-corrected chi connectivity index (χ2v) is 5.05. The van der Waals surface area contributed by atoms with Gasteiger partial charge in [-0.25, -0.2) is 8.78 Å². The second kappa shape index (κ2) is 6.14. The average molecular weight is 262 g/mol. The summed E-state index contributed by atoms with van der Waals surface area (Å²) in [4.78, 5) is 0. The molecule has 0 heterocycles. The Balaban J connectivity index is 2.23. The minimum Gasteiger partial charge on any atom is -0.203 e. The van der Waals surface area contributed by atoms with E-state index in [-0.39, 0.29) is 5.92 Å². The molecule has 0 nitrogen and oxygen atoms in total. The smallest absolute Gasteiger partial charge is 0.162 e. The van der Waals surface area contributed by atoms with Crippen LogP contribution in [-0.2, 0) is 6.42 Å². The molecule has 0 amide bonds. The number of allylic oxidation sites excluding steroid dienone is 4. The topological polar surface area (TPSA) is 0 Å². The number of aryl methyl sites for hydroxylation is 1. The Hall–Kier alpha value is -1.44. The zero-order valence-corrected chi connectivity index (χ0v) is 11.5. The molecule has 102 valence electrons. The van der Waals surface area contributed by atoms with Crippen molar-refractivity contribution in [1.82, 2.24) is 0 Å². The first-order valence-electron chi connectivity index (χ1n) is 6.95. The van der Waals surface area contributed by atoms with Gasteiger partial charge in [-0.1, -0.05) is 42.9 Å². The van der Waals surface area contributed by atoms with Gasteiger partial charge < -0.3 is 0 Å². The van der Waals surface area contributed by atoms with E-state index in [4.69, 9.17) is 0 Å². The maximum Gasteiger partial charge on any atom is 0.162 e. The van der Waals surface area contributed by atoms with Gasteiger partial charge in [-0.2, -0.15) is 0 Å². The van der Waals surface area contributed by atoms with Gasteiger partial charge in [0.25, 0.3) is 0 Å². The summed E-state index contributed by atoms with van der Waals surface area (Å²) in [5.41, 5.74) is 2.29. The first-order chi connectivity index (χ1) is 9.17. The fourth-order valence-electron chi connectivity index (χ4n) is 2.70. The summed E-state index contributed by atoms with van der Waals surface area (Å²) in [6.45, 7) is 3.83. The van der Waals surface area contributed by atoms with Crippen molar-refractivity contribution in [1.29, 1.82) is 0 Å². The van der Waals surface area contributed by atoms with Crippen molar-refractivity contribution >= 4 is 0 Å². The first kappa shape index (κ1) is 14.0. The molecule has 0 N–H and O–H groups in total. The van der Waals surface area contributed by atoms with Crippen molar-refractivity contribution in [2.24, 2.45) is 0 Å². The van der Waals surface area contributed by atoms with Crippen LogP contribution in [0.25, 0.3) is 0 Å². The maximum absolute atomic E-state index is 14.1. The lowest BCUT2D eigenvalue weighted by Gasteiger charge is -2.22. The maximum atomic E-state index is 14.1. The Kier molecular flexibility index (Phi) is 4.52. The van der Waals surface area contributed by atoms with E-state index in [1.54, 1.807) is 12.1 Å². The SMILES string of the molecule is C/C=C/C1=CC[C@H](c2ccc(CC)c(F)c2F)CC1. The summed E-state index contributed by atoms with van der Waals surface area (Å²) in [7, 11) is 0. The van der Waals surface area contributed by atoms with E-state index in [0.717, 1.165) is 19.3 Å². The molecule has 0 bridgehead atoms. The molecule has 1 aliphatic carbocycles. The number of halogens is 2. The van der Waals surface area contributed by atoms with E-state index in [2.05, 4.69) is 12.2 Å². The third-order valence-corrected chi connectivity index (χ3v) is 3.84. The molecule has 2 rings (SSSR count). The Morgan fingerprint density at radius 3 is 2.63 bits per heavy atom. The Bertz CT molecular complexity index is 512. The molecule has 0 unspecified atom stereocenters. The van der Waals surface area contributed by atoms with Crippen LogP contribution in [0.1, 0.15) is 50.2 Å². The highest BCUT2D eigenvalue weighted by atomic mass is 19.2. The largest absolute Gasteiger partial charge is 0.203 e. The summed E-state index contributed by atoms with van der Waals surface area (Å²) in [6, 6.07) is 3.48. The van der Waals surface area contributed by atoms with Crippen LogP contribution in [-0.4, -0.2) is 0 Å². The van der Waals surface area contributed by atoms with Crippen LogP contribution in [0.2, 0.25) is 0 Å². The predicted octanol–water partition coefficient (Wildman–Crippen LogP) is 5.30. The zero-order valence-electron chi connectivity index (χ0n) is 11.5. The number of hydrogen-bond donors (Lipinski definition) is 0. The second-order valence-electron chi connectivity index (χ2n) is 5.05. The molecule has 0 aromatic heterocycles. The lowest BCUT2D eigenvalue weighted by molar-refractivity contribution is 0.471. The standard InChI is InChI=1S/C17H20F2/c1-3-5-12-6-8-14(9-7-12)15-11-10-13(4-2)16(18)17(15)19/h3,5-6,10-11,14H,4,7-9H2,1-2H3/b5-3+/t14-/m0/s1. The molecule has 0 radical (unpaired) electrons. The van der Waals surface area contributed by atoms with Gasteiger partial charge in [0.1, 0.15) is 0 Å². The first-order valence-corrected chi connectivity index (χ1v) is 6.95. The van der Waals surface area contributed by atoms with Gasteiger partial charge in [0.05, 0.1) is 0 Å². The lowest BCUT2D eigenvalue weighted by atomic mass is 9.84. The Morgan fingerprint density at radius 2 is 2.05 bits per heavy atom. The Morgan fingerprint density at radius 1 is 1.26 bits per heavy atom. The van der Waals surface area contributed by atoms with Gasteiger partial charge in [0.2, 0.25) is 0 Å². The number of benzene rings is 1. The molecule has 1 aromatic rings. The summed E-state index contributed by atoms with van der Waals surface area (Å²) in [5.74, 6) is -1.20. The minimum atomic E-state index is -0.664. The number of hydrogen-bond acceptors (Lipinski definition) is 0. The van der Waals surface area contributed by atoms with Crippen molar-refractivity contribution in [3.63, 3.8) is 0 Å². The van der Waals surface area contributed by atoms with Gasteiger partial charge in [-0.3, -0.25) is 0 Å². The molecule has 0 saturated carbocycles. The van der Waals surface area contributed by atoms with E-state index in [0.29, 0.717) is 17.5 Å². The molecule has 1 aliphatic rings. The molecular weight excluding hydrogens is 242 g/mol. The summed E-state index contributed by atoms with van der Waals surface area (Å²) in [6.07, 6.45) is 9.39. The predicted molar refractivity (Wildman–Crippen MR) is 75.2 cm³/mol. The highest BCUT2D eigenvalue weighted by molar-refractivity contribution is 5.32. The highest BCUT2D eigenvalue weighted by Gasteiger charge is 2.21. The summed E-state index contributed by atoms with van der Waals surface area (Å²) < 4.78 is 27.9. The van der Waals surface area contributed by atoms with Gasteiger partial charge in [0, 0.05) is 0 Å². The van der Waals surface area contributed by atoms with Crippen molar-refractivity contribution in [2.45, 2.75) is 45.4 Å². The highest BCUT2D eigenvalue weighted by Crippen LogP contribution is 2.35. The van der Waals surface area contributed by atoms with E-state index in [9.17, 15) is 8.78 Å². The van der Waals surface area contributed by atoms with Gasteiger partial charge in [-0.05, 0) is 49.7 Å². The van der Waals surface area contributed by atoms with Crippen LogP contribution in [0.5, 0.6) is 0 Å². The number of rotatable bonds is 3. The van der Waals surface area contributed by atoms with E-state index >= 15 is 0 Å². The van der Waals surface area contributed by atoms with Crippen LogP contribution in [0, 0.1) is 11.6 Å². The van der Waals surface area contributed by atoms with Crippen LogP contribution >= 0.6 is 0 Å². The minimum absolute atomic E-state index is 0.106.